The van der Waals surface area contributed by atoms with Gasteiger partial charge in [0.05, 0.1) is 6.04 Å². The van der Waals surface area contributed by atoms with E-state index >= 15 is 0 Å². The van der Waals surface area contributed by atoms with E-state index in [2.05, 4.69) is 33.6 Å². The highest BCUT2D eigenvalue weighted by atomic mass is 32.1. The first kappa shape index (κ1) is 32.0. The summed E-state index contributed by atoms with van der Waals surface area (Å²) in [5.41, 5.74) is 7.89. The fourth-order valence-corrected chi connectivity index (χ4v) is 4.48. The van der Waals surface area contributed by atoms with Gasteiger partial charge in [0.15, 0.2) is 0 Å². The highest BCUT2D eigenvalue weighted by Gasteiger charge is 2.30. The summed E-state index contributed by atoms with van der Waals surface area (Å²) in [6, 6.07) is 8.14. The molecule has 4 unspecified atom stereocenters. The highest BCUT2D eigenvalue weighted by molar-refractivity contribution is 7.80. The number of carboxylic acids is 2. The maximum atomic E-state index is 13.4. The molecule has 0 aliphatic rings. The molecule has 9 N–H and O–H groups in total. The molecule has 2 aromatic carbocycles. The molecule has 4 atom stereocenters. The van der Waals surface area contributed by atoms with E-state index in [0.717, 1.165) is 10.9 Å². The number of para-hydroxylation sites is 1. The Morgan fingerprint density at radius 3 is 2.10 bits per heavy atom. The Balaban J connectivity index is 1.75. The van der Waals surface area contributed by atoms with Crippen LogP contribution in [0.25, 0.3) is 10.9 Å². The topological polar surface area (TPSA) is 224 Å². The van der Waals surface area contributed by atoms with E-state index in [-0.39, 0.29) is 37.2 Å². The summed E-state index contributed by atoms with van der Waals surface area (Å²) in [7, 11) is 0. The lowest BCUT2D eigenvalue weighted by Crippen LogP contribution is -2.58. The summed E-state index contributed by atoms with van der Waals surface area (Å²) < 4.78 is 0. The molecule has 14 heteroatoms. The van der Waals surface area contributed by atoms with Gasteiger partial charge in [0.2, 0.25) is 17.7 Å². The maximum absolute atomic E-state index is 13.4. The molecule has 3 aromatic rings. The van der Waals surface area contributed by atoms with Gasteiger partial charge in [0.1, 0.15) is 23.9 Å². The van der Waals surface area contributed by atoms with Gasteiger partial charge in [-0.2, -0.15) is 12.6 Å². The second-order valence-corrected chi connectivity index (χ2v) is 10.0. The molecule has 0 spiro atoms. The molecule has 1 heterocycles. The number of hydrogen-bond acceptors (Lipinski definition) is 8. The quantitative estimate of drug-likeness (QED) is 0.110. The molecule has 3 amide bonds. The van der Waals surface area contributed by atoms with Gasteiger partial charge in [0.25, 0.3) is 0 Å². The van der Waals surface area contributed by atoms with Crippen LogP contribution >= 0.6 is 12.6 Å². The molecule has 1 aromatic heterocycles. The van der Waals surface area contributed by atoms with Crippen molar-refractivity contribution in [3.05, 3.63) is 65.9 Å². The Morgan fingerprint density at radius 1 is 0.833 bits per heavy atom. The predicted molar refractivity (Wildman–Crippen MR) is 156 cm³/mol. The van der Waals surface area contributed by atoms with Crippen molar-refractivity contribution in [2.45, 2.75) is 49.9 Å². The van der Waals surface area contributed by atoms with Crippen molar-refractivity contribution in [3.63, 3.8) is 0 Å². The number of aromatic nitrogens is 1. The number of benzene rings is 2. The fourth-order valence-electron chi connectivity index (χ4n) is 4.23. The van der Waals surface area contributed by atoms with Crippen LogP contribution in [0, 0.1) is 0 Å². The first-order valence-electron chi connectivity index (χ1n) is 13.0. The SMILES string of the molecule is NC(CCC(=O)O)C(=O)NC(Cc1c[nH]c2ccccc12)C(=O)NC(CS)C(=O)NC(Cc1ccc(O)cc1)C(=O)O. The average molecular weight is 600 g/mol. The zero-order chi connectivity index (χ0) is 30.8. The number of H-pyrrole nitrogens is 1. The summed E-state index contributed by atoms with van der Waals surface area (Å²) >= 11 is 4.15. The van der Waals surface area contributed by atoms with Crippen molar-refractivity contribution in [2.75, 3.05) is 5.75 Å². The number of aromatic amines is 1. The van der Waals surface area contributed by atoms with Crippen LogP contribution in [0.2, 0.25) is 0 Å². The molecule has 224 valence electrons. The van der Waals surface area contributed by atoms with Crippen molar-refractivity contribution in [1.82, 2.24) is 20.9 Å². The Bertz CT molecular complexity index is 1430. The number of hydrogen-bond donors (Lipinski definition) is 9. The Kier molecular flexibility index (Phi) is 11.3. The number of amides is 3. The van der Waals surface area contributed by atoms with Crippen LogP contribution in [-0.2, 0) is 36.8 Å². The molecule has 42 heavy (non-hydrogen) atoms. The molecule has 0 fully saturated rings. The van der Waals surface area contributed by atoms with Gasteiger partial charge in [-0.15, -0.1) is 0 Å². The zero-order valence-electron chi connectivity index (χ0n) is 22.4. The van der Waals surface area contributed by atoms with Crippen molar-refractivity contribution in [1.29, 1.82) is 0 Å². The first-order chi connectivity index (χ1) is 20.0. The number of nitrogens with two attached hydrogens (primary N) is 1. The van der Waals surface area contributed by atoms with Crippen molar-refractivity contribution in [3.8, 4) is 5.75 Å². The number of phenols is 1. The standard InChI is InChI=1S/C28H33N5O8S/c29-19(9-10-24(35)36)25(37)31-21(12-16-13-30-20-4-2-1-3-18(16)20)26(38)33-23(14-42)27(39)32-22(28(40)41)11-15-5-7-17(34)8-6-15/h1-8,13,19,21-23,30,34,42H,9-12,14,29H2,(H,31,37)(H,32,39)(H,33,38)(H,35,36)(H,40,41). The Morgan fingerprint density at radius 2 is 1.45 bits per heavy atom. The Hall–Kier alpha value is -4.56. The molecule has 0 bridgehead atoms. The van der Waals surface area contributed by atoms with Gasteiger partial charge in [-0.25, -0.2) is 4.79 Å². The average Bonchev–Trinajstić information content (AvgIpc) is 3.37. The minimum absolute atomic E-state index is 0.00429. The monoisotopic (exact) mass is 599 g/mol. The summed E-state index contributed by atoms with van der Waals surface area (Å²) in [5.74, 6) is -4.92. The number of fused-ring (bicyclic) bond motifs is 1. The number of thiol groups is 1. The first-order valence-corrected chi connectivity index (χ1v) is 13.7. The smallest absolute Gasteiger partial charge is 0.326 e. The number of carbonyl (C=O) groups is 5. The Labute approximate surface area is 246 Å². The third-order valence-corrected chi connectivity index (χ3v) is 6.91. The number of phenolic OH excluding ortho intramolecular Hbond substituents is 1. The van der Waals surface area contributed by atoms with E-state index in [1.807, 2.05) is 24.3 Å². The van der Waals surface area contributed by atoms with Gasteiger partial charge in [0, 0.05) is 42.1 Å². The van der Waals surface area contributed by atoms with Crippen LogP contribution in [0.5, 0.6) is 5.75 Å². The van der Waals surface area contributed by atoms with Crippen LogP contribution in [-0.4, -0.2) is 79.9 Å². The van der Waals surface area contributed by atoms with Crippen LogP contribution in [0.15, 0.2) is 54.7 Å². The lowest BCUT2D eigenvalue weighted by molar-refractivity contribution is -0.142. The minimum Gasteiger partial charge on any atom is -0.508 e. The third-order valence-electron chi connectivity index (χ3n) is 6.54. The summed E-state index contributed by atoms with van der Waals surface area (Å²) in [5, 5.41) is 36.3. The number of aliphatic carboxylic acids is 2. The van der Waals surface area contributed by atoms with Crippen molar-refractivity contribution < 1.29 is 39.3 Å². The summed E-state index contributed by atoms with van der Waals surface area (Å²) in [6.45, 7) is 0. The number of carboxylic acid groups (broad SMARTS) is 2. The van der Waals surface area contributed by atoms with Gasteiger partial charge in [-0.05, 0) is 35.7 Å². The minimum atomic E-state index is -1.34. The van der Waals surface area contributed by atoms with Crippen molar-refractivity contribution >= 4 is 53.2 Å². The number of aromatic hydroxyl groups is 1. The molecule has 13 nitrogen and oxygen atoms in total. The van der Waals surface area contributed by atoms with Gasteiger partial charge in [-0.1, -0.05) is 30.3 Å². The number of nitrogens with one attached hydrogen (secondary N) is 4. The summed E-state index contributed by atoms with van der Waals surface area (Å²) in [4.78, 5) is 65.0. The molecule has 0 aliphatic heterocycles. The van der Waals surface area contributed by atoms with E-state index in [1.54, 1.807) is 6.20 Å². The highest BCUT2D eigenvalue weighted by Crippen LogP contribution is 2.19. The zero-order valence-corrected chi connectivity index (χ0v) is 23.3. The normalized spacial score (nSPS) is 13.9. The van der Waals surface area contributed by atoms with Gasteiger partial charge in [-0.3, -0.25) is 19.2 Å². The number of carbonyl (C=O) groups excluding carboxylic acids is 3. The number of rotatable bonds is 15. The molecular weight excluding hydrogens is 566 g/mol. The van der Waals surface area contributed by atoms with E-state index in [0.29, 0.717) is 11.1 Å². The van der Waals surface area contributed by atoms with E-state index < -0.39 is 53.8 Å². The largest absolute Gasteiger partial charge is 0.508 e. The molecule has 0 saturated carbocycles. The van der Waals surface area contributed by atoms with E-state index in [4.69, 9.17) is 10.8 Å². The van der Waals surface area contributed by atoms with Crippen LogP contribution < -0.4 is 21.7 Å². The van der Waals surface area contributed by atoms with Crippen LogP contribution in [0.4, 0.5) is 0 Å². The summed E-state index contributed by atoms with van der Waals surface area (Å²) in [6.07, 6.45) is 1.12. The second kappa shape index (κ2) is 14.9. The fraction of sp³-hybridized carbons (Fsp3) is 0.321. The lowest BCUT2D eigenvalue weighted by atomic mass is 10.0. The lowest BCUT2D eigenvalue weighted by Gasteiger charge is -2.24. The molecule has 0 aliphatic carbocycles. The van der Waals surface area contributed by atoms with Crippen LogP contribution in [0.1, 0.15) is 24.0 Å². The van der Waals surface area contributed by atoms with Gasteiger partial charge < -0.3 is 42.0 Å². The third kappa shape index (κ3) is 8.97. The molecule has 3 rings (SSSR count). The second-order valence-electron chi connectivity index (χ2n) is 9.68. The van der Waals surface area contributed by atoms with Crippen molar-refractivity contribution in [2.24, 2.45) is 5.73 Å². The molecular formula is C28H33N5O8S. The van der Waals surface area contributed by atoms with E-state index in [1.165, 1.54) is 24.3 Å². The van der Waals surface area contributed by atoms with E-state index in [9.17, 15) is 34.2 Å². The molecule has 0 radical (unpaired) electrons. The predicted octanol–water partition coefficient (Wildman–Crippen LogP) is 0.320. The van der Waals surface area contributed by atoms with Gasteiger partial charge >= 0.3 is 11.9 Å². The molecule has 0 saturated heterocycles. The van der Waals surface area contributed by atoms with Crippen LogP contribution in [0.3, 0.4) is 0 Å². The maximum Gasteiger partial charge on any atom is 0.326 e.